The zero-order chi connectivity index (χ0) is 22.7. The van der Waals surface area contributed by atoms with Crippen LogP contribution in [0.25, 0.3) is 0 Å². The minimum atomic E-state index is 0.572. The van der Waals surface area contributed by atoms with Crippen LogP contribution in [0, 0.1) is 0 Å². The van der Waals surface area contributed by atoms with Crippen molar-refractivity contribution < 1.29 is 9.47 Å². The number of aliphatic imine (C=N–C) groups is 2. The van der Waals surface area contributed by atoms with Crippen LogP contribution in [0.1, 0.15) is 22.5 Å². The van der Waals surface area contributed by atoms with E-state index in [1.54, 1.807) is 24.8 Å². The summed E-state index contributed by atoms with van der Waals surface area (Å²) in [5.74, 6) is 2.83. The summed E-state index contributed by atoms with van der Waals surface area (Å²) < 4.78 is 11.3. The normalized spacial score (nSPS) is 10.9. The minimum absolute atomic E-state index is 0.572. The maximum absolute atomic E-state index is 5.67. The molecule has 32 heavy (non-hydrogen) atoms. The second kappa shape index (κ2) is 16.5. The monoisotopic (exact) mass is 448 g/mol. The van der Waals surface area contributed by atoms with Gasteiger partial charge in [-0.05, 0) is 41.3 Å². The molecule has 3 aromatic rings. The van der Waals surface area contributed by atoms with Crippen LogP contribution in [0.15, 0.2) is 83.0 Å². The second-order valence-corrected chi connectivity index (χ2v) is 6.50. The van der Waals surface area contributed by atoms with Crippen molar-refractivity contribution in [1.82, 2.24) is 9.97 Å². The highest BCUT2D eigenvalue weighted by Crippen LogP contribution is 2.07. The Bertz CT molecular complexity index is 843. The topological polar surface area (TPSA) is 69.0 Å². The van der Waals surface area contributed by atoms with Gasteiger partial charge in [-0.25, -0.2) is 0 Å². The lowest BCUT2D eigenvalue weighted by atomic mass is 10.1. The van der Waals surface area contributed by atoms with Gasteiger partial charge in [0.25, 0.3) is 0 Å². The molecule has 2 aromatic heterocycles. The Hall–Kier alpha value is -3.13. The van der Waals surface area contributed by atoms with E-state index in [9.17, 15) is 0 Å². The molecule has 3 rings (SSSR count). The molecule has 0 unspecified atom stereocenters. The molecule has 166 valence electrons. The van der Waals surface area contributed by atoms with Gasteiger partial charge in [-0.3, -0.25) is 20.0 Å². The van der Waals surface area contributed by atoms with Crippen molar-refractivity contribution in [3.8, 4) is 0 Å². The lowest BCUT2D eigenvalue weighted by Crippen LogP contribution is -2.01. The van der Waals surface area contributed by atoms with Gasteiger partial charge in [0.1, 0.15) is 0 Å². The van der Waals surface area contributed by atoms with Crippen LogP contribution in [0.5, 0.6) is 0 Å². The maximum atomic E-state index is 5.67. The van der Waals surface area contributed by atoms with E-state index in [0.717, 1.165) is 22.5 Å². The van der Waals surface area contributed by atoms with Gasteiger partial charge in [0.15, 0.2) is 0 Å². The highest BCUT2D eigenvalue weighted by atomic mass is 32.1. The number of rotatable bonds is 12. The molecule has 0 radical (unpaired) electrons. The van der Waals surface area contributed by atoms with Crippen LogP contribution in [0.4, 0.5) is 0 Å². The van der Waals surface area contributed by atoms with Crippen LogP contribution in [0.2, 0.25) is 0 Å². The zero-order valence-electron chi connectivity index (χ0n) is 18.0. The lowest BCUT2D eigenvalue weighted by Gasteiger charge is -2.06. The number of aromatic nitrogens is 2. The average molecular weight is 449 g/mol. The lowest BCUT2D eigenvalue weighted by molar-refractivity contribution is 0.126. The third kappa shape index (κ3) is 10.8. The number of pyridine rings is 2. The largest absolute Gasteiger partial charge is 0.375 e. The van der Waals surface area contributed by atoms with Gasteiger partial charge in [0.2, 0.25) is 0 Å². The summed E-state index contributed by atoms with van der Waals surface area (Å²) in [4.78, 5) is 17.0. The summed E-state index contributed by atoms with van der Waals surface area (Å²) in [6, 6.07) is 19.8. The van der Waals surface area contributed by atoms with E-state index in [2.05, 4.69) is 62.3 Å². The van der Waals surface area contributed by atoms with E-state index >= 15 is 0 Å². The Balaban J connectivity index is 0.00000176. The Kier molecular flexibility index (Phi) is 13.0. The van der Waals surface area contributed by atoms with E-state index in [0.29, 0.717) is 39.5 Å². The molecule has 0 aliphatic carbocycles. The highest BCUT2D eigenvalue weighted by Gasteiger charge is 1.97. The van der Waals surface area contributed by atoms with Crippen molar-refractivity contribution in [2.45, 2.75) is 13.2 Å². The number of thiocarbonyl (C=S) groups is 1. The third-order valence-electron chi connectivity index (χ3n) is 4.11. The number of nitrogens with zero attached hydrogens (tertiary/aromatic N) is 4. The third-order valence-corrected chi connectivity index (χ3v) is 4.11. The SMILES string of the molecule is C(=NCCOCc1ccc(COCCN=Cc2ccccn2)cc1)c1ccccn1.C=S. The van der Waals surface area contributed by atoms with E-state index in [-0.39, 0.29) is 0 Å². The molecule has 0 spiro atoms. The van der Waals surface area contributed by atoms with Crippen molar-refractivity contribution in [2.75, 3.05) is 26.3 Å². The van der Waals surface area contributed by atoms with Crippen LogP contribution < -0.4 is 0 Å². The molecule has 2 heterocycles. The summed E-state index contributed by atoms with van der Waals surface area (Å²) in [7, 11) is 0. The molecule has 0 aliphatic rings. The molecule has 0 fully saturated rings. The fourth-order valence-corrected chi connectivity index (χ4v) is 2.57. The van der Waals surface area contributed by atoms with Gasteiger partial charge in [-0.15, -0.1) is 0 Å². The first-order valence-corrected chi connectivity index (χ1v) is 10.8. The molecule has 1 aromatic carbocycles. The Labute approximate surface area is 195 Å². The van der Waals surface area contributed by atoms with Gasteiger partial charge in [-0.2, -0.15) is 0 Å². The summed E-state index contributed by atoms with van der Waals surface area (Å²) in [6.07, 6.45) is 7.04. The molecule has 0 N–H and O–H groups in total. The summed E-state index contributed by atoms with van der Waals surface area (Å²) in [6.45, 7) is 3.53. The quantitative estimate of drug-likeness (QED) is 0.234. The summed E-state index contributed by atoms with van der Waals surface area (Å²) >= 11 is 3.83. The van der Waals surface area contributed by atoms with Crippen molar-refractivity contribution in [2.24, 2.45) is 9.98 Å². The van der Waals surface area contributed by atoms with E-state index < -0.39 is 0 Å². The van der Waals surface area contributed by atoms with Gasteiger partial charge in [0, 0.05) is 24.8 Å². The summed E-state index contributed by atoms with van der Waals surface area (Å²) in [5, 5.41) is 0. The van der Waals surface area contributed by atoms with Crippen LogP contribution in [-0.2, 0) is 22.7 Å². The Morgan fingerprint density at radius 1 is 0.688 bits per heavy atom. The first-order chi connectivity index (χ1) is 15.9. The molecule has 0 atom stereocenters. The van der Waals surface area contributed by atoms with Gasteiger partial charge >= 0.3 is 0 Å². The molecule has 0 saturated carbocycles. The fourth-order valence-electron chi connectivity index (χ4n) is 2.57. The van der Waals surface area contributed by atoms with Crippen molar-refractivity contribution in [3.63, 3.8) is 0 Å². The van der Waals surface area contributed by atoms with Crippen LogP contribution in [0.3, 0.4) is 0 Å². The van der Waals surface area contributed by atoms with E-state index in [1.165, 1.54) is 0 Å². The Morgan fingerprint density at radius 3 is 1.50 bits per heavy atom. The maximum Gasteiger partial charge on any atom is 0.0807 e. The smallest absolute Gasteiger partial charge is 0.0807 e. The zero-order valence-corrected chi connectivity index (χ0v) is 18.9. The van der Waals surface area contributed by atoms with Crippen LogP contribution >= 0.6 is 12.2 Å². The average Bonchev–Trinajstić information content (AvgIpc) is 2.87. The van der Waals surface area contributed by atoms with Gasteiger partial charge in [0.05, 0.1) is 50.9 Å². The molecule has 0 bridgehead atoms. The predicted octanol–water partition coefficient (Wildman–Crippen LogP) is 4.36. The van der Waals surface area contributed by atoms with Gasteiger partial charge < -0.3 is 9.47 Å². The number of ether oxygens (including phenoxy) is 2. The minimum Gasteiger partial charge on any atom is -0.375 e. The van der Waals surface area contributed by atoms with E-state index in [1.807, 2.05) is 36.4 Å². The number of benzene rings is 1. The van der Waals surface area contributed by atoms with Crippen LogP contribution in [-0.4, -0.2) is 54.6 Å². The standard InChI is InChI=1S/C24H26N4O2.CH2S/c1-3-11-27-23(5-1)17-25-13-15-29-19-21-7-9-22(10-8-21)20-30-16-14-26-18-24-6-2-4-12-28-24;1-2/h1-12,17-18H,13-16,19-20H2;1H2. The molecular formula is C25H28N4O2S. The van der Waals surface area contributed by atoms with Crippen molar-refractivity contribution in [1.29, 1.82) is 0 Å². The van der Waals surface area contributed by atoms with Crippen molar-refractivity contribution in [3.05, 3.63) is 95.6 Å². The first kappa shape index (κ1) is 25.1. The molecule has 6 nitrogen and oxygen atoms in total. The first-order valence-electron chi connectivity index (χ1n) is 10.2. The Morgan fingerprint density at radius 2 is 1.12 bits per heavy atom. The van der Waals surface area contributed by atoms with Gasteiger partial charge in [-0.1, -0.05) is 48.6 Å². The molecule has 0 amide bonds. The number of hydrogen-bond acceptors (Lipinski definition) is 7. The summed E-state index contributed by atoms with van der Waals surface area (Å²) in [5.41, 5.74) is 3.98. The highest BCUT2D eigenvalue weighted by molar-refractivity contribution is 7.77. The fraction of sp³-hybridized carbons (Fsp3) is 0.240. The number of hydrogen-bond donors (Lipinski definition) is 0. The molecule has 0 saturated heterocycles. The molecule has 7 heteroatoms. The molecule has 0 aliphatic heterocycles. The van der Waals surface area contributed by atoms with Crippen molar-refractivity contribution >= 4 is 30.5 Å². The van der Waals surface area contributed by atoms with E-state index in [4.69, 9.17) is 9.47 Å². The molecular weight excluding hydrogens is 420 g/mol. The predicted molar refractivity (Wildman–Crippen MR) is 134 cm³/mol. The second-order valence-electron chi connectivity index (χ2n) is 6.50.